The zero-order valence-electron chi connectivity index (χ0n) is 16.8. The molecule has 1 fully saturated rings. The molecule has 1 N–H and O–H groups in total. The minimum absolute atomic E-state index is 0.00690. The van der Waals surface area contributed by atoms with E-state index < -0.39 is 0 Å². The number of unbranched alkanes of at least 4 members (excludes halogenated alkanes) is 1. The smallest absolute Gasteiger partial charge is 0.170 e. The largest absolute Gasteiger partial charge is 0.497 e. The fourth-order valence-electron chi connectivity index (χ4n) is 3.91. The van der Waals surface area contributed by atoms with Crippen LogP contribution in [0.2, 0.25) is 0 Å². The van der Waals surface area contributed by atoms with Gasteiger partial charge in [0, 0.05) is 30.3 Å². The number of ether oxygens (including phenoxy) is 1. The molecule has 2 aromatic heterocycles. The number of nitrogens with one attached hydrogen (secondary N) is 1. The molecule has 4 rings (SSSR count). The fourth-order valence-corrected chi connectivity index (χ4v) is 4.24. The number of rotatable bonds is 7. The van der Waals surface area contributed by atoms with E-state index in [9.17, 15) is 0 Å². The van der Waals surface area contributed by atoms with Crippen LogP contribution < -0.4 is 10.1 Å². The lowest BCUT2D eigenvalue weighted by Gasteiger charge is -2.29. The summed E-state index contributed by atoms with van der Waals surface area (Å²) in [4.78, 5) is 6.93. The molecular formula is C23H26N4OS. The van der Waals surface area contributed by atoms with Gasteiger partial charge >= 0.3 is 0 Å². The van der Waals surface area contributed by atoms with Gasteiger partial charge in [-0.25, -0.2) is 0 Å². The molecule has 1 aliphatic rings. The third-order valence-corrected chi connectivity index (χ3v) is 5.74. The molecule has 1 saturated heterocycles. The zero-order chi connectivity index (χ0) is 20.2. The van der Waals surface area contributed by atoms with E-state index in [-0.39, 0.29) is 12.1 Å². The number of hydrogen-bond donors (Lipinski definition) is 1. The number of thiocarbonyl (C=S) groups is 1. The Bertz CT molecular complexity index is 955. The van der Waals surface area contributed by atoms with E-state index >= 15 is 0 Å². The van der Waals surface area contributed by atoms with Gasteiger partial charge in [-0.2, -0.15) is 0 Å². The number of nitrogens with zero attached hydrogens (tertiary/aromatic N) is 3. The van der Waals surface area contributed by atoms with Gasteiger partial charge in [-0.15, -0.1) is 0 Å². The predicted molar refractivity (Wildman–Crippen MR) is 119 cm³/mol. The molecule has 2 atom stereocenters. The van der Waals surface area contributed by atoms with Gasteiger partial charge in [0.1, 0.15) is 5.75 Å². The van der Waals surface area contributed by atoms with Gasteiger partial charge in [0.25, 0.3) is 0 Å². The maximum atomic E-state index is 5.74. The second-order valence-electron chi connectivity index (χ2n) is 7.17. The first-order valence-electron chi connectivity index (χ1n) is 10.0. The summed E-state index contributed by atoms with van der Waals surface area (Å²) in [6, 6.07) is 18.5. The second-order valence-corrected chi connectivity index (χ2v) is 7.56. The third kappa shape index (κ3) is 3.85. The van der Waals surface area contributed by atoms with E-state index in [0.29, 0.717) is 0 Å². The highest BCUT2D eigenvalue weighted by atomic mass is 32.1. The Morgan fingerprint density at radius 1 is 1.10 bits per heavy atom. The van der Waals surface area contributed by atoms with Crippen LogP contribution in [-0.4, -0.2) is 33.2 Å². The summed E-state index contributed by atoms with van der Waals surface area (Å²) in [5.41, 5.74) is 3.29. The molecule has 0 unspecified atom stereocenters. The molecule has 0 radical (unpaired) electrons. The number of hydrogen-bond acceptors (Lipinski definition) is 3. The lowest BCUT2D eigenvalue weighted by atomic mass is 10.0. The number of benzene rings is 1. The average molecular weight is 407 g/mol. The van der Waals surface area contributed by atoms with Crippen LogP contribution in [0, 0.1) is 0 Å². The predicted octanol–water partition coefficient (Wildman–Crippen LogP) is 4.65. The van der Waals surface area contributed by atoms with Crippen molar-refractivity contribution in [3.8, 4) is 11.4 Å². The summed E-state index contributed by atoms with van der Waals surface area (Å²) in [6.07, 6.45) is 6.16. The first kappa shape index (κ1) is 19.5. The molecule has 6 heteroatoms. The molecule has 3 heterocycles. The van der Waals surface area contributed by atoms with Gasteiger partial charge in [0.15, 0.2) is 5.11 Å². The second kappa shape index (κ2) is 8.66. The Morgan fingerprint density at radius 2 is 1.93 bits per heavy atom. The Kier molecular flexibility index (Phi) is 5.81. The molecule has 0 amide bonds. The van der Waals surface area contributed by atoms with E-state index in [1.807, 2.05) is 30.5 Å². The SMILES string of the molecule is CCCCN1C(=S)N[C@H](c2ccccn2)[C@@H]1c1cccn1-c1ccc(OC)cc1. The Hall–Kier alpha value is -2.86. The maximum Gasteiger partial charge on any atom is 0.170 e. The lowest BCUT2D eigenvalue weighted by Crippen LogP contribution is -2.31. The molecule has 5 nitrogen and oxygen atoms in total. The summed E-state index contributed by atoms with van der Waals surface area (Å²) in [7, 11) is 1.68. The molecular weight excluding hydrogens is 380 g/mol. The van der Waals surface area contributed by atoms with Crippen LogP contribution in [0.15, 0.2) is 67.0 Å². The molecule has 0 saturated carbocycles. The van der Waals surface area contributed by atoms with Crippen LogP contribution in [0.3, 0.4) is 0 Å². The van der Waals surface area contributed by atoms with Crippen molar-refractivity contribution in [1.29, 1.82) is 0 Å². The molecule has 0 bridgehead atoms. The van der Waals surface area contributed by atoms with Gasteiger partial charge < -0.3 is 19.5 Å². The van der Waals surface area contributed by atoms with Crippen LogP contribution in [-0.2, 0) is 0 Å². The Balaban J connectivity index is 1.76. The summed E-state index contributed by atoms with van der Waals surface area (Å²) in [5.74, 6) is 0.849. The van der Waals surface area contributed by atoms with Crippen molar-refractivity contribution >= 4 is 17.3 Å². The summed E-state index contributed by atoms with van der Waals surface area (Å²) in [6.45, 7) is 3.13. The minimum atomic E-state index is 0.00690. The molecule has 150 valence electrons. The van der Waals surface area contributed by atoms with Crippen molar-refractivity contribution in [1.82, 2.24) is 19.8 Å². The normalized spacial score (nSPS) is 18.7. The highest BCUT2D eigenvalue weighted by Gasteiger charge is 2.40. The van der Waals surface area contributed by atoms with E-state index in [1.54, 1.807) is 7.11 Å². The highest BCUT2D eigenvalue weighted by Crippen LogP contribution is 2.39. The molecule has 0 aliphatic carbocycles. The standard InChI is InChI=1S/C23H26N4OS/c1-3-4-15-27-22(21(25-23(27)29)19-8-5-6-14-24-19)20-9-7-16-26(20)17-10-12-18(28-2)13-11-17/h5-14,16,21-22H,3-4,15H2,1-2H3,(H,25,29)/t21-,22+/m1/s1. The number of methoxy groups -OCH3 is 1. The van der Waals surface area contributed by atoms with E-state index in [0.717, 1.165) is 41.6 Å². The Labute approximate surface area is 177 Å². The summed E-state index contributed by atoms with van der Waals surface area (Å²) in [5, 5.41) is 4.32. The van der Waals surface area contributed by atoms with Crippen molar-refractivity contribution in [3.63, 3.8) is 0 Å². The van der Waals surface area contributed by atoms with Crippen molar-refractivity contribution < 1.29 is 4.74 Å². The number of aromatic nitrogens is 2. The number of pyridine rings is 1. The van der Waals surface area contributed by atoms with Crippen molar-refractivity contribution in [2.75, 3.05) is 13.7 Å². The van der Waals surface area contributed by atoms with Gasteiger partial charge in [0.2, 0.25) is 0 Å². The molecule has 1 aromatic carbocycles. The van der Waals surface area contributed by atoms with E-state index in [4.69, 9.17) is 17.0 Å². The van der Waals surface area contributed by atoms with Gasteiger partial charge in [-0.1, -0.05) is 19.4 Å². The van der Waals surface area contributed by atoms with Crippen molar-refractivity contribution in [3.05, 3.63) is 78.4 Å². The van der Waals surface area contributed by atoms with Crippen LogP contribution in [0.1, 0.15) is 43.2 Å². The van der Waals surface area contributed by atoms with Crippen molar-refractivity contribution in [2.24, 2.45) is 0 Å². The van der Waals surface area contributed by atoms with Gasteiger partial charge in [0.05, 0.1) is 24.9 Å². The molecule has 1 aliphatic heterocycles. The first-order chi connectivity index (χ1) is 14.2. The fraction of sp³-hybridized carbons (Fsp3) is 0.304. The average Bonchev–Trinajstić information content (AvgIpc) is 3.37. The van der Waals surface area contributed by atoms with E-state index in [1.165, 1.54) is 5.69 Å². The quantitative estimate of drug-likeness (QED) is 0.579. The summed E-state index contributed by atoms with van der Waals surface area (Å²) >= 11 is 5.74. The lowest BCUT2D eigenvalue weighted by molar-refractivity contribution is 0.304. The van der Waals surface area contributed by atoms with E-state index in [2.05, 4.69) is 63.2 Å². The van der Waals surface area contributed by atoms with Crippen LogP contribution in [0.5, 0.6) is 5.75 Å². The van der Waals surface area contributed by atoms with Crippen molar-refractivity contribution in [2.45, 2.75) is 31.8 Å². The van der Waals surface area contributed by atoms with Gasteiger partial charge in [-0.3, -0.25) is 4.98 Å². The molecule has 3 aromatic rings. The van der Waals surface area contributed by atoms with Gasteiger partial charge in [-0.05, 0) is 67.2 Å². The zero-order valence-corrected chi connectivity index (χ0v) is 17.6. The monoisotopic (exact) mass is 406 g/mol. The minimum Gasteiger partial charge on any atom is -0.497 e. The van der Waals surface area contributed by atoms with Crippen LogP contribution in [0.4, 0.5) is 0 Å². The topological polar surface area (TPSA) is 42.3 Å². The summed E-state index contributed by atoms with van der Waals surface area (Å²) < 4.78 is 7.54. The maximum absolute atomic E-state index is 5.74. The molecule has 29 heavy (non-hydrogen) atoms. The van der Waals surface area contributed by atoms with Crippen LogP contribution in [0.25, 0.3) is 5.69 Å². The third-order valence-electron chi connectivity index (χ3n) is 5.38. The Morgan fingerprint density at radius 3 is 2.62 bits per heavy atom. The highest BCUT2D eigenvalue weighted by molar-refractivity contribution is 7.80. The molecule has 0 spiro atoms. The first-order valence-corrected chi connectivity index (χ1v) is 10.4. The van der Waals surface area contributed by atoms with Crippen LogP contribution >= 0.6 is 12.2 Å².